The molecule has 1 saturated carbocycles. The topological polar surface area (TPSA) is 29.9 Å². The molecule has 0 unspecified atom stereocenters. The normalized spacial score (nSPS) is 15.8. The molecule has 4 heteroatoms. The van der Waals surface area contributed by atoms with Gasteiger partial charge in [-0.25, -0.2) is 4.98 Å². The molecule has 1 aliphatic carbocycles. The van der Waals surface area contributed by atoms with Gasteiger partial charge in [-0.05, 0) is 50.5 Å². The highest BCUT2D eigenvalue weighted by Gasteiger charge is 2.20. The minimum atomic E-state index is 0.604. The molecule has 0 atom stereocenters. The lowest BCUT2D eigenvalue weighted by atomic mass is 10.2. The van der Waals surface area contributed by atoms with Gasteiger partial charge >= 0.3 is 0 Å². The van der Waals surface area contributed by atoms with Crippen molar-refractivity contribution in [2.24, 2.45) is 0 Å². The molecule has 0 amide bonds. The Hall–Kier alpha value is -1.29. The number of hydrogen-bond acceptors (Lipinski definition) is 2. The second-order valence-electron chi connectivity index (χ2n) is 5.69. The molecule has 0 radical (unpaired) electrons. The van der Waals surface area contributed by atoms with Crippen LogP contribution >= 0.6 is 15.9 Å². The Labute approximate surface area is 128 Å². The van der Waals surface area contributed by atoms with Crippen LogP contribution in [-0.4, -0.2) is 9.55 Å². The Morgan fingerprint density at radius 1 is 1.20 bits per heavy atom. The number of benzene rings is 1. The van der Waals surface area contributed by atoms with Crippen LogP contribution in [0, 0.1) is 13.8 Å². The van der Waals surface area contributed by atoms with Crippen molar-refractivity contribution >= 4 is 27.6 Å². The monoisotopic (exact) mass is 333 g/mol. The van der Waals surface area contributed by atoms with Crippen molar-refractivity contribution in [3.63, 3.8) is 0 Å². The number of nitrogens with zero attached hydrogens (tertiary/aromatic N) is 2. The maximum Gasteiger partial charge on any atom is 0.207 e. The fraction of sp³-hybridized carbons (Fsp3) is 0.438. The highest BCUT2D eigenvalue weighted by atomic mass is 79.9. The summed E-state index contributed by atoms with van der Waals surface area (Å²) in [6.45, 7) is 4.16. The maximum absolute atomic E-state index is 4.65. The summed E-state index contributed by atoms with van der Waals surface area (Å²) in [4.78, 5) is 4.65. The van der Waals surface area contributed by atoms with Crippen LogP contribution in [-0.2, 0) is 0 Å². The molecule has 0 spiro atoms. The van der Waals surface area contributed by atoms with Crippen LogP contribution in [0.15, 0.2) is 28.9 Å². The van der Waals surface area contributed by atoms with Gasteiger partial charge in [0.2, 0.25) is 5.95 Å². The lowest BCUT2D eigenvalue weighted by Crippen LogP contribution is -2.08. The summed E-state index contributed by atoms with van der Waals surface area (Å²) in [5.74, 6) is 0.965. The maximum atomic E-state index is 4.65. The molecule has 1 N–H and O–H groups in total. The Morgan fingerprint density at radius 2 is 1.95 bits per heavy atom. The smallest absolute Gasteiger partial charge is 0.207 e. The van der Waals surface area contributed by atoms with Crippen molar-refractivity contribution < 1.29 is 0 Å². The van der Waals surface area contributed by atoms with E-state index in [2.05, 4.69) is 69.0 Å². The van der Waals surface area contributed by atoms with Crippen LogP contribution in [0.2, 0.25) is 0 Å². The molecule has 106 valence electrons. The Balaban J connectivity index is 1.89. The third kappa shape index (κ3) is 2.90. The van der Waals surface area contributed by atoms with Gasteiger partial charge in [0.05, 0.1) is 5.69 Å². The Bertz CT molecular complexity index is 592. The molecule has 3 nitrogen and oxygen atoms in total. The second-order valence-corrected chi connectivity index (χ2v) is 6.61. The van der Waals surface area contributed by atoms with E-state index < -0.39 is 0 Å². The van der Waals surface area contributed by atoms with Crippen molar-refractivity contribution in [3.8, 4) is 0 Å². The summed E-state index contributed by atoms with van der Waals surface area (Å²) >= 11 is 3.55. The predicted molar refractivity (Wildman–Crippen MR) is 86.6 cm³/mol. The average molecular weight is 334 g/mol. The Morgan fingerprint density at radius 3 is 2.65 bits per heavy atom. The first-order chi connectivity index (χ1) is 9.61. The van der Waals surface area contributed by atoms with Gasteiger partial charge in [0, 0.05) is 22.4 Å². The first kappa shape index (κ1) is 13.7. The standard InChI is InChI=1S/C16H20BrN3/c1-11-7-13(17)9-14(8-11)19-16-18-12(2)10-20(16)15-5-3-4-6-15/h7-10,15H,3-6H2,1-2H3,(H,18,19). The highest BCUT2D eigenvalue weighted by Crippen LogP contribution is 2.33. The first-order valence-corrected chi connectivity index (χ1v) is 8.01. The molecule has 0 saturated heterocycles. The fourth-order valence-electron chi connectivity index (χ4n) is 3.01. The minimum Gasteiger partial charge on any atom is -0.326 e. The molecule has 1 aromatic heterocycles. The van der Waals surface area contributed by atoms with Gasteiger partial charge in [0.25, 0.3) is 0 Å². The van der Waals surface area contributed by atoms with E-state index in [4.69, 9.17) is 0 Å². The number of hydrogen-bond donors (Lipinski definition) is 1. The molecular formula is C16H20BrN3. The van der Waals surface area contributed by atoms with E-state index in [1.165, 1.54) is 31.2 Å². The number of rotatable bonds is 3. The summed E-state index contributed by atoms with van der Waals surface area (Å²) in [5, 5.41) is 3.47. The van der Waals surface area contributed by atoms with E-state index in [0.29, 0.717) is 6.04 Å². The molecule has 1 aliphatic rings. The van der Waals surface area contributed by atoms with Crippen LogP contribution < -0.4 is 5.32 Å². The van der Waals surface area contributed by atoms with Gasteiger partial charge in [0.1, 0.15) is 0 Å². The van der Waals surface area contributed by atoms with Crippen molar-refractivity contribution in [2.75, 3.05) is 5.32 Å². The van der Waals surface area contributed by atoms with Crippen LogP contribution in [0.1, 0.15) is 43.0 Å². The van der Waals surface area contributed by atoms with Gasteiger partial charge in [-0.15, -0.1) is 0 Å². The fourth-order valence-corrected chi connectivity index (χ4v) is 3.61. The number of imidazole rings is 1. The van der Waals surface area contributed by atoms with Crippen molar-refractivity contribution in [1.29, 1.82) is 0 Å². The summed E-state index contributed by atoms with van der Waals surface area (Å²) in [5.41, 5.74) is 3.39. The third-order valence-corrected chi connectivity index (χ3v) is 4.33. The van der Waals surface area contributed by atoms with E-state index in [-0.39, 0.29) is 0 Å². The number of nitrogens with one attached hydrogen (secondary N) is 1. The number of aromatic nitrogens is 2. The summed E-state index contributed by atoms with van der Waals surface area (Å²) in [7, 11) is 0. The van der Waals surface area contributed by atoms with Crippen molar-refractivity contribution in [3.05, 3.63) is 40.1 Å². The van der Waals surface area contributed by atoms with E-state index >= 15 is 0 Å². The highest BCUT2D eigenvalue weighted by molar-refractivity contribution is 9.10. The van der Waals surface area contributed by atoms with Crippen molar-refractivity contribution in [2.45, 2.75) is 45.6 Å². The van der Waals surface area contributed by atoms with Gasteiger partial charge < -0.3 is 9.88 Å². The number of anilines is 2. The third-order valence-electron chi connectivity index (χ3n) is 3.87. The number of halogens is 1. The molecule has 1 aromatic carbocycles. The average Bonchev–Trinajstić information content (AvgIpc) is 2.97. The Kier molecular flexibility index (Phi) is 3.83. The summed E-state index contributed by atoms with van der Waals surface area (Å²) < 4.78 is 3.41. The van der Waals surface area contributed by atoms with Crippen LogP contribution in [0.5, 0.6) is 0 Å². The van der Waals surface area contributed by atoms with Gasteiger partial charge in [-0.3, -0.25) is 0 Å². The minimum absolute atomic E-state index is 0.604. The SMILES string of the molecule is Cc1cc(Br)cc(Nc2nc(C)cn2C2CCCC2)c1. The number of aryl methyl sites for hydroxylation is 2. The molecule has 1 fully saturated rings. The van der Waals surface area contributed by atoms with Gasteiger partial charge in [-0.1, -0.05) is 28.8 Å². The van der Waals surface area contributed by atoms with Crippen LogP contribution in [0.4, 0.5) is 11.6 Å². The summed E-state index contributed by atoms with van der Waals surface area (Å²) in [6.07, 6.45) is 7.36. The lowest BCUT2D eigenvalue weighted by Gasteiger charge is -2.16. The molecule has 1 heterocycles. The molecule has 0 bridgehead atoms. The van der Waals surface area contributed by atoms with Crippen molar-refractivity contribution in [1.82, 2.24) is 9.55 Å². The predicted octanol–water partition coefficient (Wildman–Crippen LogP) is 5.12. The molecule has 2 aromatic rings. The van der Waals surface area contributed by atoms with E-state index in [0.717, 1.165) is 21.8 Å². The van der Waals surface area contributed by atoms with Gasteiger partial charge in [-0.2, -0.15) is 0 Å². The zero-order valence-corrected chi connectivity index (χ0v) is 13.6. The molecule has 0 aliphatic heterocycles. The summed E-state index contributed by atoms with van der Waals surface area (Å²) in [6, 6.07) is 6.95. The van der Waals surface area contributed by atoms with E-state index in [9.17, 15) is 0 Å². The van der Waals surface area contributed by atoms with E-state index in [1.54, 1.807) is 0 Å². The molecular weight excluding hydrogens is 314 g/mol. The largest absolute Gasteiger partial charge is 0.326 e. The quantitative estimate of drug-likeness (QED) is 0.844. The molecule has 3 rings (SSSR count). The lowest BCUT2D eigenvalue weighted by molar-refractivity contribution is 0.524. The zero-order chi connectivity index (χ0) is 14.1. The second kappa shape index (κ2) is 5.60. The van der Waals surface area contributed by atoms with Crippen LogP contribution in [0.3, 0.4) is 0 Å². The van der Waals surface area contributed by atoms with E-state index in [1.807, 2.05) is 0 Å². The zero-order valence-electron chi connectivity index (χ0n) is 12.0. The molecule has 20 heavy (non-hydrogen) atoms. The van der Waals surface area contributed by atoms with Crippen LogP contribution in [0.25, 0.3) is 0 Å². The first-order valence-electron chi connectivity index (χ1n) is 7.21. The van der Waals surface area contributed by atoms with Gasteiger partial charge in [0.15, 0.2) is 0 Å².